The molecule has 7 heteroatoms. The largest absolute Gasteiger partial charge is 0.479 e. The standard InChI is InChI=1S/C20H21NO6/c1-3-16(27-15-7-5-4-6-8-15)20(23)26-13(2)19(22)21-14-9-10-17-18(11-14)25-12-24-17/h4-11,13,16H,3,12H2,1-2H3,(H,21,22)/t13-,16-/m1/s1. The van der Waals surface area contributed by atoms with Gasteiger partial charge in [0, 0.05) is 11.8 Å². The number of para-hydroxylation sites is 1. The van der Waals surface area contributed by atoms with Crippen molar-refractivity contribution in [1.82, 2.24) is 0 Å². The Morgan fingerprint density at radius 2 is 1.85 bits per heavy atom. The molecule has 3 rings (SSSR count). The van der Waals surface area contributed by atoms with Gasteiger partial charge in [-0.05, 0) is 37.6 Å². The maximum absolute atomic E-state index is 12.3. The number of esters is 1. The van der Waals surface area contributed by atoms with Gasteiger partial charge in [-0.1, -0.05) is 25.1 Å². The normalized spacial score (nSPS) is 14.1. The Balaban J connectivity index is 1.55. The third-order valence-corrected chi connectivity index (χ3v) is 3.96. The third kappa shape index (κ3) is 4.69. The van der Waals surface area contributed by atoms with Crippen LogP contribution in [0.3, 0.4) is 0 Å². The van der Waals surface area contributed by atoms with Crippen molar-refractivity contribution in [3.8, 4) is 17.2 Å². The van der Waals surface area contributed by atoms with Crippen molar-refractivity contribution in [2.24, 2.45) is 0 Å². The number of hydrogen-bond donors (Lipinski definition) is 1. The summed E-state index contributed by atoms with van der Waals surface area (Å²) in [6, 6.07) is 14.0. The van der Waals surface area contributed by atoms with Gasteiger partial charge in [0.25, 0.3) is 5.91 Å². The zero-order chi connectivity index (χ0) is 19.2. The summed E-state index contributed by atoms with van der Waals surface area (Å²) >= 11 is 0. The van der Waals surface area contributed by atoms with Crippen LogP contribution in [0.1, 0.15) is 20.3 Å². The van der Waals surface area contributed by atoms with Crippen LogP contribution in [-0.4, -0.2) is 30.9 Å². The summed E-state index contributed by atoms with van der Waals surface area (Å²) in [4.78, 5) is 24.7. The highest BCUT2D eigenvalue weighted by atomic mass is 16.7. The number of hydrogen-bond acceptors (Lipinski definition) is 6. The molecule has 0 bridgehead atoms. The lowest BCUT2D eigenvalue weighted by molar-refractivity contribution is -0.160. The Kier molecular flexibility index (Phi) is 5.80. The zero-order valence-corrected chi connectivity index (χ0v) is 15.1. The Hall–Kier alpha value is -3.22. The smallest absolute Gasteiger partial charge is 0.348 e. The molecule has 0 radical (unpaired) electrons. The van der Waals surface area contributed by atoms with Crippen molar-refractivity contribution in [3.05, 3.63) is 48.5 Å². The van der Waals surface area contributed by atoms with Crippen LogP contribution in [-0.2, 0) is 14.3 Å². The molecule has 0 aliphatic carbocycles. The van der Waals surface area contributed by atoms with E-state index in [1.807, 2.05) is 25.1 Å². The first-order chi connectivity index (χ1) is 13.1. The molecule has 2 atom stereocenters. The molecule has 0 unspecified atom stereocenters. The minimum Gasteiger partial charge on any atom is -0.479 e. The summed E-state index contributed by atoms with van der Waals surface area (Å²) in [7, 11) is 0. The zero-order valence-electron chi connectivity index (χ0n) is 15.1. The fraction of sp³-hybridized carbons (Fsp3) is 0.300. The van der Waals surface area contributed by atoms with E-state index in [9.17, 15) is 9.59 Å². The molecule has 2 aromatic rings. The molecule has 1 aliphatic heterocycles. The van der Waals surface area contributed by atoms with E-state index in [0.29, 0.717) is 29.4 Å². The number of anilines is 1. The molecule has 1 N–H and O–H groups in total. The molecule has 0 aromatic heterocycles. The van der Waals surface area contributed by atoms with Crippen molar-refractivity contribution in [2.45, 2.75) is 32.5 Å². The molecule has 142 valence electrons. The second kappa shape index (κ2) is 8.44. The van der Waals surface area contributed by atoms with Gasteiger partial charge in [0.1, 0.15) is 5.75 Å². The highest BCUT2D eigenvalue weighted by Gasteiger charge is 2.25. The van der Waals surface area contributed by atoms with E-state index in [1.165, 1.54) is 6.92 Å². The van der Waals surface area contributed by atoms with Gasteiger partial charge >= 0.3 is 5.97 Å². The molecule has 0 saturated heterocycles. The van der Waals surface area contributed by atoms with Gasteiger partial charge in [-0.25, -0.2) is 4.79 Å². The van der Waals surface area contributed by atoms with Crippen molar-refractivity contribution < 1.29 is 28.5 Å². The first-order valence-electron chi connectivity index (χ1n) is 8.69. The Bertz CT molecular complexity index is 807. The van der Waals surface area contributed by atoms with Crippen LogP contribution in [0.5, 0.6) is 17.2 Å². The average molecular weight is 371 g/mol. The number of carbonyl (C=O) groups is 2. The maximum atomic E-state index is 12.3. The number of benzene rings is 2. The predicted molar refractivity (Wildman–Crippen MR) is 97.9 cm³/mol. The number of ether oxygens (including phenoxy) is 4. The van der Waals surface area contributed by atoms with Crippen LogP contribution in [0.4, 0.5) is 5.69 Å². The summed E-state index contributed by atoms with van der Waals surface area (Å²) in [5.74, 6) is 0.710. The number of nitrogens with one attached hydrogen (secondary N) is 1. The second-order valence-electron chi connectivity index (χ2n) is 5.96. The van der Waals surface area contributed by atoms with Gasteiger partial charge in [-0.3, -0.25) is 4.79 Å². The lowest BCUT2D eigenvalue weighted by atomic mass is 10.2. The van der Waals surface area contributed by atoms with Gasteiger partial charge in [0.05, 0.1) is 0 Å². The maximum Gasteiger partial charge on any atom is 0.348 e. The molecular weight excluding hydrogens is 350 g/mol. The van der Waals surface area contributed by atoms with Gasteiger partial charge < -0.3 is 24.3 Å². The van der Waals surface area contributed by atoms with Gasteiger partial charge in [-0.15, -0.1) is 0 Å². The van der Waals surface area contributed by atoms with Crippen molar-refractivity contribution in [1.29, 1.82) is 0 Å². The molecule has 1 aliphatic rings. The summed E-state index contributed by atoms with van der Waals surface area (Å²) in [6.45, 7) is 3.47. The van der Waals surface area contributed by atoms with Crippen molar-refractivity contribution in [3.63, 3.8) is 0 Å². The van der Waals surface area contributed by atoms with Crippen LogP contribution in [0.15, 0.2) is 48.5 Å². The molecule has 27 heavy (non-hydrogen) atoms. The lowest BCUT2D eigenvalue weighted by Crippen LogP contribution is -2.36. The number of amides is 1. The molecule has 1 amide bonds. The van der Waals surface area contributed by atoms with E-state index in [2.05, 4.69) is 5.32 Å². The third-order valence-electron chi connectivity index (χ3n) is 3.96. The predicted octanol–water partition coefficient (Wildman–Crippen LogP) is 3.14. The topological polar surface area (TPSA) is 83.1 Å². The van der Waals surface area contributed by atoms with Crippen LogP contribution >= 0.6 is 0 Å². The molecule has 0 saturated carbocycles. The highest BCUT2D eigenvalue weighted by molar-refractivity contribution is 5.95. The second-order valence-corrected chi connectivity index (χ2v) is 5.96. The quantitative estimate of drug-likeness (QED) is 0.753. The van der Waals surface area contributed by atoms with Crippen LogP contribution in [0, 0.1) is 0 Å². The lowest BCUT2D eigenvalue weighted by Gasteiger charge is -2.19. The SMILES string of the molecule is CC[C@@H](Oc1ccccc1)C(=O)O[C@H](C)C(=O)Nc1ccc2c(c1)OCO2. The fourth-order valence-corrected chi connectivity index (χ4v) is 2.48. The Labute approximate surface area is 157 Å². The van der Waals surface area contributed by atoms with Crippen LogP contribution in [0.2, 0.25) is 0 Å². The summed E-state index contributed by atoms with van der Waals surface area (Å²) in [5, 5.41) is 2.69. The summed E-state index contributed by atoms with van der Waals surface area (Å²) in [5.41, 5.74) is 0.528. The van der Waals surface area contributed by atoms with Gasteiger partial charge in [-0.2, -0.15) is 0 Å². The molecule has 1 heterocycles. The summed E-state index contributed by atoms with van der Waals surface area (Å²) < 4.78 is 21.4. The number of rotatable bonds is 7. The van der Waals surface area contributed by atoms with E-state index in [-0.39, 0.29) is 6.79 Å². The van der Waals surface area contributed by atoms with Crippen LogP contribution < -0.4 is 19.5 Å². The molecule has 2 aromatic carbocycles. The molecule has 7 nitrogen and oxygen atoms in total. The highest BCUT2D eigenvalue weighted by Crippen LogP contribution is 2.34. The molecular formula is C20H21NO6. The van der Waals surface area contributed by atoms with Gasteiger partial charge in [0.15, 0.2) is 23.7 Å². The van der Waals surface area contributed by atoms with Crippen molar-refractivity contribution >= 4 is 17.6 Å². The Morgan fingerprint density at radius 3 is 2.59 bits per heavy atom. The molecule has 0 fully saturated rings. The monoisotopic (exact) mass is 371 g/mol. The number of fused-ring (bicyclic) bond motifs is 1. The van der Waals surface area contributed by atoms with E-state index < -0.39 is 24.1 Å². The minimum atomic E-state index is -0.976. The summed E-state index contributed by atoms with van der Waals surface area (Å²) in [6.07, 6.45) is -1.34. The van der Waals surface area contributed by atoms with Crippen LogP contribution in [0.25, 0.3) is 0 Å². The minimum absolute atomic E-state index is 0.153. The van der Waals surface area contributed by atoms with Crippen molar-refractivity contribution in [2.75, 3.05) is 12.1 Å². The first kappa shape index (κ1) is 18.6. The molecule has 0 spiro atoms. The van der Waals surface area contributed by atoms with E-state index >= 15 is 0 Å². The van der Waals surface area contributed by atoms with E-state index in [4.69, 9.17) is 18.9 Å². The average Bonchev–Trinajstić information content (AvgIpc) is 3.14. The van der Waals surface area contributed by atoms with Gasteiger partial charge in [0.2, 0.25) is 6.79 Å². The van der Waals surface area contributed by atoms with E-state index in [0.717, 1.165) is 0 Å². The number of carbonyl (C=O) groups excluding carboxylic acids is 2. The van der Waals surface area contributed by atoms with E-state index in [1.54, 1.807) is 30.3 Å². The fourth-order valence-electron chi connectivity index (χ4n) is 2.48. The Morgan fingerprint density at radius 1 is 1.11 bits per heavy atom. The first-order valence-corrected chi connectivity index (χ1v) is 8.69.